The number of rotatable bonds is 2. The Labute approximate surface area is 124 Å². The van der Waals surface area contributed by atoms with Gasteiger partial charge in [-0.2, -0.15) is 0 Å². The van der Waals surface area contributed by atoms with Crippen molar-refractivity contribution in [3.05, 3.63) is 24.3 Å². The first kappa shape index (κ1) is 13.6. The van der Waals surface area contributed by atoms with Gasteiger partial charge in [-0.15, -0.1) is 0 Å². The second-order valence-electron chi connectivity index (χ2n) is 5.00. The summed E-state index contributed by atoms with van der Waals surface area (Å²) in [5, 5.41) is 0. The van der Waals surface area contributed by atoms with Crippen LogP contribution in [0.4, 0.5) is 11.4 Å². The summed E-state index contributed by atoms with van der Waals surface area (Å²) in [5.74, 6) is 1.75. The molecule has 0 bridgehead atoms. The summed E-state index contributed by atoms with van der Waals surface area (Å²) in [6.45, 7) is 3.74. The van der Waals surface area contributed by atoms with Crippen LogP contribution in [0.3, 0.4) is 0 Å². The molecule has 0 amide bonds. The Morgan fingerprint density at radius 2 is 1.85 bits per heavy atom. The topological polar surface area (TPSA) is 31.3 Å². The fraction of sp³-hybridized carbons (Fsp3) is 0.500. The highest BCUT2D eigenvalue weighted by Gasteiger charge is 2.21. The lowest BCUT2D eigenvalue weighted by Gasteiger charge is -2.28. The van der Waals surface area contributed by atoms with E-state index in [1.54, 1.807) is 11.9 Å². The number of anilines is 1. The molecule has 2 heterocycles. The number of likely N-dealkylation sites (N-methyl/N-ethyl adjacent to an activating group) is 2. The zero-order chi connectivity index (χ0) is 13.9. The van der Waals surface area contributed by atoms with E-state index in [1.807, 2.05) is 6.07 Å². The molecule has 2 aliphatic rings. The molecule has 0 aliphatic carbocycles. The summed E-state index contributed by atoms with van der Waals surface area (Å²) in [6.07, 6.45) is 0. The Hall–Kier alpha value is -1.40. The van der Waals surface area contributed by atoms with Gasteiger partial charge in [0.05, 0.1) is 24.5 Å². The van der Waals surface area contributed by atoms with Crippen LogP contribution in [0.2, 0.25) is 0 Å². The average Bonchev–Trinajstić information content (AvgIpc) is 2.81. The molecule has 0 spiro atoms. The van der Waals surface area contributed by atoms with Crippen LogP contribution >= 0.6 is 11.9 Å². The smallest absolute Gasteiger partial charge is 0.201 e. The van der Waals surface area contributed by atoms with E-state index in [9.17, 15) is 0 Å². The molecule has 0 radical (unpaired) electrons. The largest absolute Gasteiger partial charge is 0.367 e. The van der Waals surface area contributed by atoms with Gasteiger partial charge in [0.25, 0.3) is 0 Å². The number of aliphatic imine (C=N–C) groups is 1. The first-order valence-corrected chi connectivity index (χ1v) is 7.78. The van der Waals surface area contributed by atoms with Crippen molar-refractivity contribution in [2.75, 3.05) is 50.6 Å². The molecule has 108 valence electrons. The Morgan fingerprint density at radius 1 is 1.10 bits per heavy atom. The van der Waals surface area contributed by atoms with Crippen LogP contribution in [0, 0.1) is 0 Å². The van der Waals surface area contributed by atoms with Gasteiger partial charge in [-0.1, -0.05) is 12.1 Å². The molecule has 0 unspecified atom stereocenters. The predicted octanol–water partition coefficient (Wildman–Crippen LogP) is 1.99. The third-order valence-corrected chi connectivity index (χ3v) is 4.52. The molecule has 2 aliphatic heterocycles. The summed E-state index contributed by atoms with van der Waals surface area (Å²) < 4.78 is 7.67. The van der Waals surface area contributed by atoms with E-state index >= 15 is 0 Å². The highest BCUT2D eigenvalue weighted by Crippen LogP contribution is 2.34. The molecule has 1 aromatic rings. The van der Waals surface area contributed by atoms with Gasteiger partial charge in [-0.05, 0) is 24.1 Å². The SMILES string of the molecule is CN1CCN(C)C1=Nc1ccccc1N1CCOCS1. The van der Waals surface area contributed by atoms with Gasteiger partial charge in [-0.3, -0.25) is 0 Å². The van der Waals surface area contributed by atoms with Gasteiger partial charge in [0.1, 0.15) is 5.94 Å². The zero-order valence-electron chi connectivity index (χ0n) is 12.0. The van der Waals surface area contributed by atoms with Crippen LogP contribution in [-0.4, -0.2) is 62.0 Å². The van der Waals surface area contributed by atoms with Crippen molar-refractivity contribution in [1.82, 2.24) is 9.80 Å². The summed E-state index contributed by atoms with van der Waals surface area (Å²) in [7, 11) is 4.18. The molecule has 2 fully saturated rings. The van der Waals surface area contributed by atoms with Crippen molar-refractivity contribution in [2.45, 2.75) is 0 Å². The van der Waals surface area contributed by atoms with Gasteiger partial charge in [0, 0.05) is 27.2 Å². The molecule has 0 atom stereocenters. The minimum atomic E-state index is 0.713. The maximum Gasteiger partial charge on any atom is 0.201 e. The molecular weight excluding hydrogens is 272 g/mol. The van der Waals surface area contributed by atoms with Gasteiger partial charge in [-0.25, -0.2) is 4.99 Å². The maximum absolute atomic E-state index is 5.40. The Bertz CT molecular complexity index is 490. The number of nitrogens with zero attached hydrogens (tertiary/aromatic N) is 4. The minimum absolute atomic E-state index is 0.713. The molecule has 20 heavy (non-hydrogen) atoms. The molecular formula is C14H20N4OS. The van der Waals surface area contributed by atoms with E-state index in [2.05, 4.69) is 46.4 Å². The first-order chi connectivity index (χ1) is 9.75. The minimum Gasteiger partial charge on any atom is -0.367 e. The van der Waals surface area contributed by atoms with Crippen molar-refractivity contribution in [1.29, 1.82) is 0 Å². The number of hydrogen-bond acceptors (Lipinski definition) is 4. The summed E-state index contributed by atoms with van der Waals surface area (Å²) in [5.41, 5.74) is 2.19. The molecule has 5 nitrogen and oxygen atoms in total. The highest BCUT2D eigenvalue weighted by atomic mass is 32.2. The van der Waals surface area contributed by atoms with Gasteiger partial charge >= 0.3 is 0 Å². The number of hydrogen-bond donors (Lipinski definition) is 0. The molecule has 0 saturated carbocycles. The lowest BCUT2D eigenvalue weighted by atomic mass is 10.2. The van der Waals surface area contributed by atoms with Crippen LogP contribution in [0.5, 0.6) is 0 Å². The molecule has 2 saturated heterocycles. The summed E-state index contributed by atoms with van der Waals surface area (Å²) in [4.78, 5) is 9.26. The van der Waals surface area contributed by atoms with E-state index in [0.29, 0.717) is 5.94 Å². The van der Waals surface area contributed by atoms with Crippen molar-refractivity contribution in [3.63, 3.8) is 0 Å². The zero-order valence-corrected chi connectivity index (χ0v) is 12.8. The number of benzene rings is 1. The third kappa shape index (κ3) is 2.71. The van der Waals surface area contributed by atoms with Gasteiger partial charge in [0.2, 0.25) is 5.96 Å². The van der Waals surface area contributed by atoms with Crippen LogP contribution in [0.1, 0.15) is 0 Å². The van der Waals surface area contributed by atoms with Crippen molar-refractivity contribution in [2.24, 2.45) is 4.99 Å². The van der Waals surface area contributed by atoms with Crippen LogP contribution < -0.4 is 4.31 Å². The van der Waals surface area contributed by atoms with E-state index in [-0.39, 0.29) is 0 Å². The lowest BCUT2D eigenvalue weighted by molar-refractivity contribution is 0.185. The van der Waals surface area contributed by atoms with Crippen molar-refractivity contribution < 1.29 is 4.74 Å². The Balaban J connectivity index is 1.91. The highest BCUT2D eigenvalue weighted by molar-refractivity contribution is 8.00. The molecule has 3 rings (SSSR count). The second kappa shape index (κ2) is 5.93. The lowest BCUT2D eigenvalue weighted by Crippen LogP contribution is -2.28. The number of para-hydroxylation sites is 2. The van der Waals surface area contributed by atoms with Gasteiger partial charge < -0.3 is 18.8 Å². The normalized spacial score (nSPS) is 19.7. The van der Waals surface area contributed by atoms with Crippen molar-refractivity contribution in [3.8, 4) is 0 Å². The van der Waals surface area contributed by atoms with Crippen LogP contribution in [0.25, 0.3) is 0 Å². The van der Waals surface area contributed by atoms with Crippen LogP contribution in [0.15, 0.2) is 29.3 Å². The number of guanidine groups is 1. The van der Waals surface area contributed by atoms with E-state index < -0.39 is 0 Å². The first-order valence-electron chi connectivity index (χ1n) is 6.84. The quantitative estimate of drug-likeness (QED) is 0.778. The van der Waals surface area contributed by atoms with E-state index in [1.165, 1.54) is 5.69 Å². The fourth-order valence-corrected chi connectivity index (χ4v) is 3.22. The monoisotopic (exact) mass is 292 g/mol. The second-order valence-corrected chi connectivity index (χ2v) is 5.94. The standard InChI is InChI=1S/C14H20N4OS/c1-16-7-8-17(2)14(16)15-12-5-3-4-6-13(12)18-9-10-19-11-20-18/h3-6H,7-11H2,1-2H3. The third-order valence-electron chi connectivity index (χ3n) is 3.56. The Kier molecular flexibility index (Phi) is 4.03. The molecule has 0 aromatic heterocycles. The molecule has 0 N–H and O–H groups in total. The predicted molar refractivity (Wildman–Crippen MR) is 84.6 cm³/mol. The fourth-order valence-electron chi connectivity index (χ4n) is 2.40. The maximum atomic E-state index is 5.40. The van der Waals surface area contributed by atoms with Crippen molar-refractivity contribution >= 4 is 29.3 Å². The van der Waals surface area contributed by atoms with E-state index in [0.717, 1.165) is 37.9 Å². The summed E-state index contributed by atoms with van der Waals surface area (Å²) >= 11 is 1.70. The number of ether oxygens (including phenoxy) is 1. The average molecular weight is 292 g/mol. The Morgan fingerprint density at radius 3 is 2.55 bits per heavy atom. The van der Waals surface area contributed by atoms with Crippen LogP contribution in [-0.2, 0) is 4.74 Å². The molecule has 6 heteroatoms. The molecule has 1 aromatic carbocycles. The summed E-state index contributed by atoms with van der Waals surface area (Å²) in [6, 6.07) is 8.32. The van der Waals surface area contributed by atoms with E-state index in [4.69, 9.17) is 9.73 Å². The van der Waals surface area contributed by atoms with Gasteiger partial charge in [0.15, 0.2) is 0 Å².